The largest absolute Gasteiger partial charge is 0.328 e. The van der Waals surface area contributed by atoms with E-state index in [0.29, 0.717) is 6.07 Å². The van der Waals surface area contributed by atoms with Gasteiger partial charge in [0.15, 0.2) is 10.6 Å². The number of hydrogen-bond donors (Lipinski definition) is 1. The molecule has 0 fully saturated rings. The van der Waals surface area contributed by atoms with Crippen LogP contribution in [0.25, 0.3) is 11.3 Å². The maximum absolute atomic E-state index is 13.4. The van der Waals surface area contributed by atoms with Gasteiger partial charge in [-0.3, -0.25) is 0 Å². The van der Waals surface area contributed by atoms with Crippen LogP contribution in [0.3, 0.4) is 0 Å². The molecular formula is C10H5F3N2S. The monoisotopic (exact) mass is 242 g/mol. The van der Waals surface area contributed by atoms with E-state index >= 15 is 0 Å². The van der Waals surface area contributed by atoms with Gasteiger partial charge >= 0.3 is 0 Å². The van der Waals surface area contributed by atoms with E-state index in [-0.39, 0.29) is 16.0 Å². The van der Waals surface area contributed by atoms with Crippen molar-refractivity contribution in [2.75, 3.05) is 0 Å². The van der Waals surface area contributed by atoms with Crippen molar-refractivity contribution in [1.29, 1.82) is 0 Å². The summed E-state index contributed by atoms with van der Waals surface area (Å²) in [5.74, 6) is -2.34. The van der Waals surface area contributed by atoms with Crippen molar-refractivity contribution in [3.8, 4) is 11.3 Å². The Hall–Kier alpha value is -1.69. The van der Waals surface area contributed by atoms with Crippen molar-refractivity contribution < 1.29 is 13.2 Å². The second kappa shape index (κ2) is 4.05. The number of benzene rings is 1. The summed E-state index contributed by atoms with van der Waals surface area (Å²) < 4.78 is 39.4. The van der Waals surface area contributed by atoms with Crippen molar-refractivity contribution in [3.63, 3.8) is 0 Å². The molecule has 0 saturated heterocycles. The highest BCUT2D eigenvalue weighted by Gasteiger charge is 2.11. The van der Waals surface area contributed by atoms with Gasteiger partial charge in [-0.15, -0.1) is 0 Å². The van der Waals surface area contributed by atoms with Crippen LogP contribution in [-0.4, -0.2) is 9.97 Å². The maximum atomic E-state index is 13.4. The van der Waals surface area contributed by atoms with Gasteiger partial charge in [0.1, 0.15) is 11.6 Å². The number of rotatable bonds is 1. The first-order valence-electron chi connectivity index (χ1n) is 4.28. The Balaban J connectivity index is 2.67. The maximum Gasteiger partial charge on any atom is 0.197 e. The standard InChI is InChI=1S/C10H5F3N2S/c11-5-1-2-6(7(12)3-5)9-8(13)4-14-10(16)15-9/h1-4H,(H,14,15,16). The highest BCUT2D eigenvalue weighted by atomic mass is 32.1. The minimum Gasteiger partial charge on any atom is -0.328 e. The summed E-state index contributed by atoms with van der Waals surface area (Å²) in [4.78, 5) is 5.92. The Kier molecular flexibility index (Phi) is 2.74. The fourth-order valence-corrected chi connectivity index (χ4v) is 1.42. The molecule has 0 aliphatic heterocycles. The van der Waals surface area contributed by atoms with Crippen LogP contribution in [0.2, 0.25) is 0 Å². The van der Waals surface area contributed by atoms with Gasteiger partial charge in [-0.2, -0.15) is 0 Å². The molecule has 16 heavy (non-hydrogen) atoms. The van der Waals surface area contributed by atoms with Gasteiger partial charge in [0.05, 0.1) is 11.9 Å². The van der Waals surface area contributed by atoms with Gasteiger partial charge in [-0.1, -0.05) is 0 Å². The molecule has 0 aliphatic rings. The van der Waals surface area contributed by atoms with E-state index in [4.69, 9.17) is 12.2 Å². The highest BCUT2D eigenvalue weighted by molar-refractivity contribution is 7.71. The quantitative estimate of drug-likeness (QED) is 0.778. The van der Waals surface area contributed by atoms with E-state index in [9.17, 15) is 13.2 Å². The summed E-state index contributed by atoms with van der Waals surface area (Å²) in [5.41, 5.74) is -0.232. The lowest BCUT2D eigenvalue weighted by Crippen LogP contribution is -1.95. The van der Waals surface area contributed by atoms with Crippen molar-refractivity contribution in [2.45, 2.75) is 0 Å². The SMILES string of the molecule is Fc1ccc(-c2[nH]c(=S)ncc2F)c(F)c1. The second-order valence-electron chi connectivity index (χ2n) is 3.04. The third-order valence-electron chi connectivity index (χ3n) is 1.97. The molecule has 0 radical (unpaired) electrons. The Morgan fingerprint density at radius 3 is 2.56 bits per heavy atom. The van der Waals surface area contributed by atoms with Gasteiger partial charge in [-0.05, 0) is 24.4 Å². The first-order valence-corrected chi connectivity index (χ1v) is 4.69. The molecule has 82 valence electrons. The first-order chi connectivity index (χ1) is 7.58. The molecule has 1 aromatic carbocycles. The molecule has 1 N–H and O–H groups in total. The number of nitrogens with one attached hydrogen (secondary N) is 1. The number of halogens is 3. The number of aromatic amines is 1. The summed E-state index contributed by atoms with van der Waals surface area (Å²) >= 11 is 4.70. The summed E-state index contributed by atoms with van der Waals surface area (Å²) in [6, 6.07) is 2.84. The molecular weight excluding hydrogens is 237 g/mol. The smallest absolute Gasteiger partial charge is 0.197 e. The van der Waals surface area contributed by atoms with E-state index in [0.717, 1.165) is 18.3 Å². The Labute approximate surface area is 93.8 Å². The highest BCUT2D eigenvalue weighted by Crippen LogP contribution is 2.23. The van der Waals surface area contributed by atoms with Crippen LogP contribution in [0.4, 0.5) is 13.2 Å². The van der Waals surface area contributed by atoms with Crippen LogP contribution < -0.4 is 0 Å². The average Bonchev–Trinajstić information content (AvgIpc) is 2.22. The fraction of sp³-hybridized carbons (Fsp3) is 0. The number of hydrogen-bond acceptors (Lipinski definition) is 2. The van der Waals surface area contributed by atoms with E-state index in [1.54, 1.807) is 0 Å². The van der Waals surface area contributed by atoms with Crippen molar-refractivity contribution in [2.24, 2.45) is 0 Å². The van der Waals surface area contributed by atoms with Crippen molar-refractivity contribution in [1.82, 2.24) is 9.97 Å². The molecule has 0 spiro atoms. The van der Waals surface area contributed by atoms with Crippen molar-refractivity contribution in [3.05, 3.63) is 46.6 Å². The van der Waals surface area contributed by atoms with E-state index in [1.807, 2.05) is 0 Å². The Morgan fingerprint density at radius 2 is 1.88 bits per heavy atom. The van der Waals surface area contributed by atoms with E-state index in [2.05, 4.69) is 9.97 Å². The molecule has 2 rings (SSSR count). The third-order valence-corrected chi connectivity index (χ3v) is 2.17. The van der Waals surface area contributed by atoms with Gasteiger partial charge < -0.3 is 4.98 Å². The molecule has 1 heterocycles. The molecule has 0 unspecified atom stereocenters. The van der Waals surface area contributed by atoms with Crippen LogP contribution in [0.15, 0.2) is 24.4 Å². The molecule has 2 nitrogen and oxygen atoms in total. The molecule has 2 aromatic rings. The van der Waals surface area contributed by atoms with Crippen LogP contribution in [-0.2, 0) is 0 Å². The van der Waals surface area contributed by atoms with E-state index in [1.165, 1.54) is 0 Å². The third kappa shape index (κ3) is 1.96. The topological polar surface area (TPSA) is 28.7 Å². The lowest BCUT2D eigenvalue weighted by molar-refractivity contribution is 0.580. The van der Waals surface area contributed by atoms with Gasteiger partial charge in [0, 0.05) is 11.6 Å². The zero-order chi connectivity index (χ0) is 11.7. The molecule has 6 heteroatoms. The van der Waals surface area contributed by atoms with Crippen LogP contribution in [0.5, 0.6) is 0 Å². The molecule has 0 bridgehead atoms. The van der Waals surface area contributed by atoms with E-state index < -0.39 is 17.5 Å². The number of aromatic nitrogens is 2. The fourth-order valence-electron chi connectivity index (χ4n) is 1.27. The summed E-state index contributed by atoms with van der Waals surface area (Å²) in [7, 11) is 0. The molecule has 0 aliphatic carbocycles. The van der Waals surface area contributed by atoms with Crippen LogP contribution in [0.1, 0.15) is 0 Å². The lowest BCUT2D eigenvalue weighted by Gasteiger charge is -2.04. The molecule has 0 saturated carbocycles. The zero-order valence-electron chi connectivity index (χ0n) is 7.80. The minimum absolute atomic E-state index is 0.0279. The lowest BCUT2D eigenvalue weighted by atomic mass is 10.1. The van der Waals surface area contributed by atoms with Gasteiger partial charge in [0.25, 0.3) is 0 Å². The van der Waals surface area contributed by atoms with Gasteiger partial charge in [-0.25, -0.2) is 18.2 Å². The zero-order valence-corrected chi connectivity index (χ0v) is 8.62. The van der Waals surface area contributed by atoms with Gasteiger partial charge in [0.2, 0.25) is 0 Å². The van der Waals surface area contributed by atoms with Crippen LogP contribution >= 0.6 is 12.2 Å². The summed E-state index contributed by atoms with van der Waals surface area (Å²) in [6.07, 6.45) is 0.886. The predicted molar refractivity (Wildman–Crippen MR) is 54.7 cm³/mol. The molecule has 0 atom stereocenters. The second-order valence-corrected chi connectivity index (χ2v) is 3.42. The normalized spacial score (nSPS) is 10.4. The number of H-pyrrole nitrogens is 1. The number of nitrogens with zero attached hydrogens (tertiary/aromatic N) is 1. The minimum atomic E-state index is -0.865. The molecule has 0 amide bonds. The average molecular weight is 242 g/mol. The molecule has 1 aromatic heterocycles. The Morgan fingerprint density at radius 1 is 1.12 bits per heavy atom. The van der Waals surface area contributed by atoms with Crippen molar-refractivity contribution >= 4 is 12.2 Å². The summed E-state index contributed by atoms with van der Waals surface area (Å²) in [6.45, 7) is 0. The summed E-state index contributed by atoms with van der Waals surface area (Å²) in [5, 5.41) is 0. The van der Waals surface area contributed by atoms with Crippen LogP contribution in [0, 0.1) is 22.2 Å². The Bertz CT molecular complexity index is 595. The first kappa shape index (κ1) is 10.8. The predicted octanol–water partition coefficient (Wildman–Crippen LogP) is 3.22.